The smallest absolute Gasteiger partial charge is 0.0952 e. The highest BCUT2D eigenvalue weighted by molar-refractivity contribution is 5.32. The molecule has 2 atom stereocenters. The predicted octanol–water partition coefficient (Wildman–Crippen LogP) is 3.71. The van der Waals surface area contributed by atoms with E-state index < -0.39 is 0 Å². The predicted molar refractivity (Wildman–Crippen MR) is 81.8 cm³/mol. The van der Waals surface area contributed by atoms with Crippen molar-refractivity contribution < 1.29 is 4.74 Å². The Kier molecular flexibility index (Phi) is 3.86. The Morgan fingerprint density at radius 3 is 2.50 bits per heavy atom. The molecule has 0 amide bonds. The molecule has 1 fully saturated rings. The second kappa shape index (κ2) is 5.78. The van der Waals surface area contributed by atoms with E-state index in [0.29, 0.717) is 6.04 Å². The van der Waals surface area contributed by atoms with Crippen LogP contribution in [0.3, 0.4) is 0 Å². The number of nitrogens with one attached hydrogen (secondary N) is 1. The molecule has 1 N–H and O–H groups in total. The first-order valence-corrected chi connectivity index (χ1v) is 7.21. The van der Waals surface area contributed by atoms with Crippen LogP contribution >= 0.6 is 0 Å². The van der Waals surface area contributed by atoms with Crippen molar-refractivity contribution in [2.75, 3.05) is 13.2 Å². The Morgan fingerprint density at radius 1 is 1.05 bits per heavy atom. The fraction of sp³-hybridized carbons (Fsp3) is 0.333. The molecule has 20 heavy (non-hydrogen) atoms. The minimum absolute atomic E-state index is 0.163. The number of hydrogen-bond acceptors (Lipinski definition) is 2. The van der Waals surface area contributed by atoms with Gasteiger partial charge in [0.2, 0.25) is 0 Å². The van der Waals surface area contributed by atoms with Crippen LogP contribution in [0.5, 0.6) is 0 Å². The quantitative estimate of drug-likeness (QED) is 0.895. The summed E-state index contributed by atoms with van der Waals surface area (Å²) in [4.78, 5) is 0. The van der Waals surface area contributed by atoms with Gasteiger partial charge in [-0.3, -0.25) is 0 Å². The summed E-state index contributed by atoms with van der Waals surface area (Å²) in [5.41, 5.74) is 5.22. The first-order valence-electron chi connectivity index (χ1n) is 7.21. The van der Waals surface area contributed by atoms with Crippen molar-refractivity contribution in [1.82, 2.24) is 5.32 Å². The fourth-order valence-corrected chi connectivity index (χ4v) is 2.87. The molecule has 2 aromatic rings. The van der Waals surface area contributed by atoms with Gasteiger partial charge >= 0.3 is 0 Å². The van der Waals surface area contributed by atoms with E-state index in [4.69, 9.17) is 4.74 Å². The molecule has 2 heteroatoms. The number of ether oxygens (including phenoxy) is 1. The second-order valence-electron chi connectivity index (χ2n) is 5.55. The summed E-state index contributed by atoms with van der Waals surface area (Å²) in [6.07, 6.45) is 0.163. The molecule has 0 radical (unpaired) electrons. The summed E-state index contributed by atoms with van der Waals surface area (Å²) < 4.78 is 6.09. The zero-order valence-corrected chi connectivity index (χ0v) is 12.1. The van der Waals surface area contributed by atoms with Gasteiger partial charge in [0.15, 0.2) is 0 Å². The molecule has 0 bridgehead atoms. The largest absolute Gasteiger partial charge is 0.370 e. The van der Waals surface area contributed by atoms with Crippen molar-refractivity contribution in [1.29, 1.82) is 0 Å². The van der Waals surface area contributed by atoms with Gasteiger partial charge in [0.1, 0.15) is 0 Å². The number of morpholine rings is 1. The standard InChI is InChI=1S/C18H21NO/c1-13-8-9-16(14(2)10-13)18-11-19-17(12-20-18)15-6-4-3-5-7-15/h3-10,17-19H,11-12H2,1-2H3. The van der Waals surface area contributed by atoms with Gasteiger partial charge in [0.25, 0.3) is 0 Å². The Hall–Kier alpha value is -1.64. The van der Waals surface area contributed by atoms with Crippen molar-refractivity contribution in [2.24, 2.45) is 0 Å². The Morgan fingerprint density at radius 2 is 1.85 bits per heavy atom. The molecule has 1 saturated heterocycles. The van der Waals surface area contributed by atoms with Crippen molar-refractivity contribution in [2.45, 2.75) is 26.0 Å². The van der Waals surface area contributed by atoms with Gasteiger partial charge in [-0.05, 0) is 30.5 Å². The van der Waals surface area contributed by atoms with Gasteiger partial charge in [0.05, 0.1) is 18.8 Å². The lowest BCUT2D eigenvalue weighted by atomic mass is 9.98. The van der Waals surface area contributed by atoms with E-state index in [9.17, 15) is 0 Å². The zero-order valence-electron chi connectivity index (χ0n) is 12.1. The van der Waals surface area contributed by atoms with Crippen LogP contribution in [0, 0.1) is 13.8 Å². The summed E-state index contributed by atoms with van der Waals surface area (Å²) in [7, 11) is 0. The second-order valence-corrected chi connectivity index (χ2v) is 5.55. The van der Waals surface area contributed by atoms with E-state index >= 15 is 0 Å². The third kappa shape index (κ3) is 2.77. The molecule has 3 rings (SSSR count). The molecular formula is C18H21NO. The van der Waals surface area contributed by atoms with Gasteiger partial charge in [0, 0.05) is 6.54 Å². The number of hydrogen-bond donors (Lipinski definition) is 1. The van der Waals surface area contributed by atoms with E-state index in [2.05, 4.69) is 61.6 Å². The van der Waals surface area contributed by atoms with Gasteiger partial charge in [-0.25, -0.2) is 0 Å². The van der Waals surface area contributed by atoms with Crippen LogP contribution in [-0.4, -0.2) is 13.2 Å². The number of rotatable bonds is 2. The van der Waals surface area contributed by atoms with E-state index in [1.165, 1.54) is 22.3 Å². The maximum absolute atomic E-state index is 6.09. The SMILES string of the molecule is Cc1ccc(C2CNC(c3ccccc3)CO2)c(C)c1. The first kappa shape index (κ1) is 13.3. The van der Waals surface area contributed by atoms with Crippen LogP contribution in [0.4, 0.5) is 0 Å². The maximum Gasteiger partial charge on any atom is 0.0952 e. The summed E-state index contributed by atoms with van der Waals surface area (Å²) >= 11 is 0. The minimum atomic E-state index is 0.163. The van der Waals surface area contributed by atoms with Crippen LogP contribution < -0.4 is 5.32 Å². The Balaban J connectivity index is 1.69. The summed E-state index contributed by atoms with van der Waals surface area (Å²) in [5.74, 6) is 0. The van der Waals surface area contributed by atoms with Gasteiger partial charge < -0.3 is 10.1 Å². The highest BCUT2D eigenvalue weighted by Gasteiger charge is 2.24. The first-order chi connectivity index (χ1) is 9.74. The molecule has 0 spiro atoms. The van der Waals surface area contributed by atoms with E-state index in [-0.39, 0.29) is 6.10 Å². The fourth-order valence-electron chi connectivity index (χ4n) is 2.87. The molecule has 0 aliphatic carbocycles. The van der Waals surface area contributed by atoms with E-state index in [1.54, 1.807) is 0 Å². The van der Waals surface area contributed by atoms with Crippen LogP contribution in [0.15, 0.2) is 48.5 Å². The molecule has 1 aliphatic heterocycles. The van der Waals surface area contributed by atoms with Crippen molar-refractivity contribution in [3.05, 3.63) is 70.8 Å². The van der Waals surface area contributed by atoms with Crippen LogP contribution in [0.1, 0.15) is 34.4 Å². The van der Waals surface area contributed by atoms with Gasteiger partial charge in [-0.15, -0.1) is 0 Å². The monoisotopic (exact) mass is 267 g/mol. The minimum Gasteiger partial charge on any atom is -0.370 e. The summed E-state index contributed by atoms with van der Waals surface area (Å²) in [5, 5.41) is 3.60. The summed E-state index contributed by atoms with van der Waals surface area (Å²) in [6.45, 7) is 5.88. The molecule has 0 aromatic heterocycles. The van der Waals surface area contributed by atoms with Crippen LogP contribution in [-0.2, 0) is 4.74 Å². The summed E-state index contributed by atoms with van der Waals surface area (Å²) in [6, 6.07) is 17.4. The molecule has 2 unspecified atom stereocenters. The van der Waals surface area contributed by atoms with Gasteiger partial charge in [-0.2, -0.15) is 0 Å². The van der Waals surface area contributed by atoms with Crippen LogP contribution in [0.25, 0.3) is 0 Å². The van der Waals surface area contributed by atoms with Crippen molar-refractivity contribution in [3.63, 3.8) is 0 Å². The Labute approximate surface area is 120 Å². The van der Waals surface area contributed by atoms with Crippen molar-refractivity contribution >= 4 is 0 Å². The van der Waals surface area contributed by atoms with Gasteiger partial charge in [-0.1, -0.05) is 54.1 Å². The van der Waals surface area contributed by atoms with E-state index in [1.807, 2.05) is 6.07 Å². The Bertz CT molecular complexity index is 571. The third-order valence-electron chi connectivity index (χ3n) is 3.99. The molecule has 1 heterocycles. The maximum atomic E-state index is 6.09. The number of aryl methyl sites for hydroxylation is 2. The average Bonchev–Trinajstić information content (AvgIpc) is 2.48. The van der Waals surface area contributed by atoms with Crippen molar-refractivity contribution in [3.8, 4) is 0 Å². The molecule has 2 aromatic carbocycles. The third-order valence-corrected chi connectivity index (χ3v) is 3.99. The zero-order chi connectivity index (χ0) is 13.9. The number of benzene rings is 2. The average molecular weight is 267 g/mol. The molecule has 2 nitrogen and oxygen atoms in total. The lowest BCUT2D eigenvalue weighted by Gasteiger charge is -2.31. The van der Waals surface area contributed by atoms with Crippen LogP contribution in [0.2, 0.25) is 0 Å². The van der Waals surface area contributed by atoms with E-state index in [0.717, 1.165) is 13.2 Å². The molecule has 104 valence electrons. The lowest BCUT2D eigenvalue weighted by Crippen LogP contribution is -2.37. The molecular weight excluding hydrogens is 246 g/mol. The molecule has 1 aliphatic rings. The highest BCUT2D eigenvalue weighted by Crippen LogP contribution is 2.27. The highest BCUT2D eigenvalue weighted by atomic mass is 16.5. The molecule has 0 saturated carbocycles. The topological polar surface area (TPSA) is 21.3 Å². The normalized spacial score (nSPS) is 22.7. The lowest BCUT2D eigenvalue weighted by molar-refractivity contribution is 0.00204.